The number of amides is 1. The minimum absolute atomic E-state index is 0.0686. The number of hydrogen-bond acceptors (Lipinski definition) is 5. The van der Waals surface area contributed by atoms with Crippen LogP contribution in [0.4, 0.5) is 4.79 Å². The molecule has 0 aliphatic heterocycles. The van der Waals surface area contributed by atoms with Crippen LogP contribution < -0.4 is 0 Å². The molecule has 0 N–H and O–H groups in total. The highest BCUT2D eigenvalue weighted by atomic mass is 16.6. The van der Waals surface area contributed by atoms with E-state index in [4.69, 9.17) is 18.9 Å². The summed E-state index contributed by atoms with van der Waals surface area (Å²) in [5.41, 5.74) is 4.87. The molecule has 6 heteroatoms. The van der Waals surface area contributed by atoms with Crippen LogP contribution in [0.3, 0.4) is 0 Å². The molecule has 0 saturated carbocycles. The van der Waals surface area contributed by atoms with Crippen LogP contribution in [-0.4, -0.2) is 70.8 Å². The molecular weight excluding hydrogens is 406 g/mol. The maximum Gasteiger partial charge on any atom is 0.409 e. The fourth-order valence-electron chi connectivity index (χ4n) is 3.79. The molecule has 6 nitrogen and oxygen atoms in total. The normalized spacial score (nSPS) is 12.4. The Morgan fingerprint density at radius 2 is 1.34 bits per heavy atom. The lowest BCUT2D eigenvalue weighted by molar-refractivity contribution is 0.0107. The van der Waals surface area contributed by atoms with E-state index >= 15 is 0 Å². The van der Waals surface area contributed by atoms with Gasteiger partial charge < -0.3 is 23.8 Å². The molecule has 0 unspecified atom stereocenters. The number of unbranched alkanes of at least 4 members (excludes halogenated alkanes) is 1. The van der Waals surface area contributed by atoms with Crippen molar-refractivity contribution in [3.63, 3.8) is 0 Å². The summed E-state index contributed by atoms with van der Waals surface area (Å²) in [5.74, 6) is 0.0686. The number of carbonyl (C=O) groups is 1. The monoisotopic (exact) mass is 441 g/mol. The quantitative estimate of drug-likeness (QED) is 0.397. The smallest absolute Gasteiger partial charge is 0.409 e. The molecule has 0 aromatic heterocycles. The number of hydrogen-bond donors (Lipinski definition) is 0. The predicted molar refractivity (Wildman–Crippen MR) is 125 cm³/mol. The first-order valence-electron chi connectivity index (χ1n) is 11.5. The molecule has 32 heavy (non-hydrogen) atoms. The van der Waals surface area contributed by atoms with E-state index in [-0.39, 0.29) is 12.0 Å². The standard InChI is InChI=1S/C26H35NO5/c1-3-4-14-29-16-18-31-19-17-30-15-13-27(2)26(28)32-20-25-23-11-7-5-9-21(23)22-10-6-8-12-24(22)25/h5-12,25H,3-4,13-20H2,1-2H3. The van der Waals surface area contributed by atoms with Crippen molar-refractivity contribution in [3.05, 3.63) is 59.7 Å². The van der Waals surface area contributed by atoms with Gasteiger partial charge in [0.2, 0.25) is 0 Å². The molecule has 0 atom stereocenters. The highest BCUT2D eigenvalue weighted by Crippen LogP contribution is 2.44. The lowest BCUT2D eigenvalue weighted by atomic mass is 9.98. The molecule has 1 aliphatic rings. The summed E-state index contributed by atoms with van der Waals surface area (Å²) in [5, 5.41) is 0. The van der Waals surface area contributed by atoms with Crippen molar-refractivity contribution in [2.24, 2.45) is 0 Å². The van der Waals surface area contributed by atoms with Crippen LogP contribution in [-0.2, 0) is 18.9 Å². The molecule has 0 saturated heterocycles. The molecule has 1 amide bonds. The number of fused-ring (bicyclic) bond motifs is 3. The molecule has 0 spiro atoms. The summed E-state index contributed by atoms with van der Waals surface area (Å²) < 4.78 is 22.1. The second kappa shape index (κ2) is 13.2. The first kappa shape index (κ1) is 24.2. The van der Waals surface area contributed by atoms with Gasteiger partial charge in [0.25, 0.3) is 0 Å². The van der Waals surface area contributed by atoms with E-state index in [0.717, 1.165) is 19.4 Å². The number of ether oxygens (including phenoxy) is 4. The van der Waals surface area contributed by atoms with Crippen LogP contribution in [0, 0.1) is 0 Å². The third-order valence-corrected chi connectivity index (χ3v) is 5.61. The second-order valence-corrected chi connectivity index (χ2v) is 7.92. The zero-order valence-electron chi connectivity index (χ0n) is 19.3. The Morgan fingerprint density at radius 1 is 0.812 bits per heavy atom. The summed E-state index contributed by atoms with van der Waals surface area (Å²) in [6.07, 6.45) is 1.88. The maximum atomic E-state index is 12.4. The fourth-order valence-corrected chi connectivity index (χ4v) is 3.79. The van der Waals surface area contributed by atoms with Gasteiger partial charge in [0.05, 0.1) is 33.0 Å². The van der Waals surface area contributed by atoms with Crippen LogP contribution in [0.25, 0.3) is 11.1 Å². The largest absolute Gasteiger partial charge is 0.448 e. The van der Waals surface area contributed by atoms with Crippen molar-refractivity contribution < 1.29 is 23.7 Å². The molecule has 174 valence electrons. The summed E-state index contributed by atoms with van der Waals surface area (Å²) in [6, 6.07) is 16.6. The van der Waals surface area contributed by atoms with E-state index in [1.807, 2.05) is 24.3 Å². The molecule has 0 fully saturated rings. The van der Waals surface area contributed by atoms with Gasteiger partial charge in [-0.2, -0.15) is 0 Å². The number of rotatable bonds is 14. The van der Waals surface area contributed by atoms with Gasteiger partial charge in [0.1, 0.15) is 6.61 Å². The van der Waals surface area contributed by atoms with Crippen molar-refractivity contribution in [2.45, 2.75) is 25.7 Å². The molecular formula is C26H35NO5. The summed E-state index contributed by atoms with van der Waals surface area (Å²) in [4.78, 5) is 14.0. The molecule has 1 aliphatic carbocycles. The van der Waals surface area contributed by atoms with Gasteiger partial charge in [-0.1, -0.05) is 61.9 Å². The van der Waals surface area contributed by atoms with Crippen LogP contribution >= 0.6 is 0 Å². The number of benzene rings is 2. The highest BCUT2D eigenvalue weighted by molar-refractivity contribution is 5.79. The summed E-state index contributed by atoms with van der Waals surface area (Å²) >= 11 is 0. The SMILES string of the molecule is CCCCOCCOCCOCCN(C)C(=O)OCC1c2ccccc2-c2ccccc21. The van der Waals surface area contributed by atoms with E-state index < -0.39 is 0 Å². The van der Waals surface area contributed by atoms with Crippen LogP contribution in [0.2, 0.25) is 0 Å². The fraction of sp³-hybridized carbons (Fsp3) is 0.500. The second-order valence-electron chi connectivity index (χ2n) is 7.92. The number of likely N-dealkylation sites (N-methyl/N-ethyl adjacent to an activating group) is 1. The Bertz CT molecular complexity index is 795. The zero-order chi connectivity index (χ0) is 22.6. The van der Waals surface area contributed by atoms with E-state index in [2.05, 4.69) is 31.2 Å². The first-order chi connectivity index (χ1) is 15.7. The number of carbonyl (C=O) groups excluding carboxylic acids is 1. The minimum Gasteiger partial charge on any atom is -0.448 e. The maximum absolute atomic E-state index is 12.4. The highest BCUT2D eigenvalue weighted by Gasteiger charge is 2.29. The Balaban J connectivity index is 1.31. The van der Waals surface area contributed by atoms with Crippen LogP contribution in [0.1, 0.15) is 36.8 Å². The predicted octanol–water partition coefficient (Wildman–Crippen LogP) is 4.72. The zero-order valence-corrected chi connectivity index (χ0v) is 19.3. The molecule has 3 rings (SSSR count). The van der Waals surface area contributed by atoms with Crippen molar-refractivity contribution >= 4 is 6.09 Å². The van der Waals surface area contributed by atoms with Gasteiger partial charge in [-0.15, -0.1) is 0 Å². The van der Waals surface area contributed by atoms with Gasteiger partial charge >= 0.3 is 6.09 Å². The Morgan fingerprint density at radius 3 is 1.94 bits per heavy atom. The van der Waals surface area contributed by atoms with Crippen molar-refractivity contribution in [3.8, 4) is 11.1 Å². The Labute approximate surface area is 191 Å². The van der Waals surface area contributed by atoms with Crippen LogP contribution in [0.15, 0.2) is 48.5 Å². The Kier molecular flexibility index (Phi) is 10.0. The average Bonchev–Trinajstić information content (AvgIpc) is 3.14. The minimum atomic E-state index is -0.337. The summed E-state index contributed by atoms with van der Waals surface area (Å²) in [7, 11) is 1.73. The molecule has 0 radical (unpaired) electrons. The van der Waals surface area contributed by atoms with Gasteiger partial charge in [0.15, 0.2) is 0 Å². The van der Waals surface area contributed by atoms with Gasteiger partial charge in [-0.3, -0.25) is 0 Å². The molecule has 2 aromatic carbocycles. The van der Waals surface area contributed by atoms with E-state index in [1.165, 1.54) is 22.3 Å². The lowest BCUT2D eigenvalue weighted by Crippen LogP contribution is -2.32. The van der Waals surface area contributed by atoms with E-state index in [0.29, 0.717) is 46.2 Å². The summed E-state index contributed by atoms with van der Waals surface area (Å²) in [6.45, 7) is 6.37. The molecule has 0 bridgehead atoms. The Hall–Kier alpha value is -2.41. The molecule has 2 aromatic rings. The van der Waals surface area contributed by atoms with Crippen molar-refractivity contribution in [1.29, 1.82) is 0 Å². The topological polar surface area (TPSA) is 57.2 Å². The number of nitrogens with zero attached hydrogens (tertiary/aromatic N) is 1. The van der Waals surface area contributed by atoms with E-state index in [1.54, 1.807) is 11.9 Å². The van der Waals surface area contributed by atoms with E-state index in [9.17, 15) is 4.79 Å². The van der Waals surface area contributed by atoms with Crippen molar-refractivity contribution in [1.82, 2.24) is 4.90 Å². The van der Waals surface area contributed by atoms with Gasteiger partial charge in [0, 0.05) is 26.1 Å². The molecule has 0 heterocycles. The van der Waals surface area contributed by atoms with Gasteiger partial charge in [-0.05, 0) is 28.7 Å². The first-order valence-corrected chi connectivity index (χ1v) is 11.5. The lowest BCUT2D eigenvalue weighted by Gasteiger charge is -2.19. The third kappa shape index (κ3) is 6.79. The van der Waals surface area contributed by atoms with Crippen molar-refractivity contribution in [2.75, 3.05) is 59.8 Å². The third-order valence-electron chi connectivity index (χ3n) is 5.61. The average molecular weight is 442 g/mol. The van der Waals surface area contributed by atoms with Gasteiger partial charge in [-0.25, -0.2) is 4.79 Å². The van der Waals surface area contributed by atoms with Crippen LogP contribution in [0.5, 0.6) is 0 Å².